The van der Waals surface area contributed by atoms with Crippen LogP contribution < -0.4 is 0 Å². The Morgan fingerprint density at radius 2 is 0.853 bits per heavy atom. The molecule has 0 nitrogen and oxygen atoms in total. The molecule has 0 atom stereocenters. The molecule has 0 bridgehead atoms. The van der Waals surface area contributed by atoms with Crippen molar-refractivity contribution >= 4 is 0 Å². The Kier molecular flexibility index (Phi) is 15.0. The number of rotatable bonds is 20. The second-order valence-electron chi connectivity index (χ2n) is 10.8. The smallest absolute Gasteiger partial charge is 0.00893 e. The van der Waals surface area contributed by atoms with Crippen molar-refractivity contribution in [2.24, 2.45) is 5.41 Å². The maximum absolute atomic E-state index is 2.37. The highest BCUT2D eigenvalue weighted by molar-refractivity contribution is 5.32. The van der Waals surface area contributed by atoms with Gasteiger partial charge in [0.25, 0.3) is 0 Å². The van der Waals surface area contributed by atoms with Gasteiger partial charge in [-0.3, -0.25) is 0 Å². The summed E-state index contributed by atoms with van der Waals surface area (Å²) in [5.41, 5.74) is 3.59. The van der Waals surface area contributed by atoms with Crippen LogP contribution >= 0.6 is 0 Å². The zero-order valence-electron chi connectivity index (χ0n) is 22.9. The predicted molar refractivity (Wildman–Crippen MR) is 153 cm³/mol. The van der Waals surface area contributed by atoms with Crippen LogP contribution in [0.25, 0.3) is 0 Å². The van der Waals surface area contributed by atoms with E-state index in [4.69, 9.17) is 0 Å². The first-order chi connectivity index (χ1) is 16.7. The molecule has 0 saturated carbocycles. The second kappa shape index (κ2) is 17.8. The lowest BCUT2D eigenvalue weighted by Crippen LogP contribution is -2.21. The van der Waals surface area contributed by atoms with E-state index < -0.39 is 0 Å². The molecule has 2 aromatic carbocycles. The largest absolute Gasteiger partial charge is 0.0654 e. The molecule has 0 radical (unpaired) electrons. The Morgan fingerprint density at radius 1 is 0.471 bits per heavy atom. The molecule has 190 valence electrons. The second-order valence-corrected chi connectivity index (χ2v) is 10.8. The summed E-state index contributed by atoms with van der Waals surface area (Å²) in [6.45, 7) is 7.10. The highest BCUT2D eigenvalue weighted by Crippen LogP contribution is 2.41. The Labute approximate surface area is 213 Å². The third-order valence-corrected chi connectivity index (χ3v) is 8.04. The lowest BCUT2D eigenvalue weighted by atomic mass is 9.71. The van der Waals surface area contributed by atoms with Gasteiger partial charge in [0.1, 0.15) is 0 Å². The van der Waals surface area contributed by atoms with E-state index in [2.05, 4.69) is 81.4 Å². The van der Waals surface area contributed by atoms with E-state index in [-0.39, 0.29) is 0 Å². The van der Waals surface area contributed by atoms with Crippen molar-refractivity contribution in [1.29, 1.82) is 0 Å². The van der Waals surface area contributed by atoms with Crippen LogP contribution in [0.5, 0.6) is 0 Å². The van der Waals surface area contributed by atoms with Gasteiger partial charge in [-0.1, -0.05) is 158 Å². The van der Waals surface area contributed by atoms with E-state index in [1.807, 2.05) is 0 Å². The minimum absolute atomic E-state index is 0.540. The van der Waals surface area contributed by atoms with Crippen LogP contribution in [0.15, 0.2) is 60.7 Å². The molecule has 2 aromatic rings. The van der Waals surface area contributed by atoms with Crippen LogP contribution in [-0.4, -0.2) is 0 Å². The fraction of sp³-hybridized carbons (Fsp3) is 0.647. The highest BCUT2D eigenvalue weighted by Gasteiger charge is 2.27. The van der Waals surface area contributed by atoms with Crippen LogP contribution in [0.3, 0.4) is 0 Å². The molecule has 0 fully saturated rings. The van der Waals surface area contributed by atoms with E-state index >= 15 is 0 Å². The van der Waals surface area contributed by atoms with E-state index in [1.165, 1.54) is 120 Å². The third kappa shape index (κ3) is 10.8. The summed E-state index contributed by atoms with van der Waals surface area (Å²) in [4.78, 5) is 0. The van der Waals surface area contributed by atoms with Gasteiger partial charge in [0, 0.05) is 5.92 Å². The molecule has 0 aromatic heterocycles. The van der Waals surface area contributed by atoms with Crippen LogP contribution in [0.2, 0.25) is 0 Å². The molecular formula is C34H54. The minimum atomic E-state index is 0.540. The molecule has 0 saturated heterocycles. The van der Waals surface area contributed by atoms with Crippen molar-refractivity contribution in [2.75, 3.05) is 0 Å². The molecule has 2 rings (SSSR count). The summed E-state index contributed by atoms with van der Waals surface area (Å²) in [6.07, 6.45) is 24.0. The highest BCUT2D eigenvalue weighted by atomic mass is 14.3. The molecule has 0 unspecified atom stereocenters. The van der Waals surface area contributed by atoms with Crippen LogP contribution in [-0.2, 0) is 0 Å². The van der Waals surface area contributed by atoms with Crippen LogP contribution in [0, 0.1) is 5.41 Å². The van der Waals surface area contributed by atoms with Crippen molar-refractivity contribution in [3.63, 3.8) is 0 Å². The van der Waals surface area contributed by atoms with Gasteiger partial charge in [0.05, 0.1) is 0 Å². The van der Waals surface area contributed by atoms with Crippen molar-refractivity contribution in [3.05, 3.63) is 71.8 Å². The summed E-state index contributed by atoms with van der Waals surface area (Å²) in [7, 11) is 0. The molecular weight excluding hydrogens is 408 g/mol. The first-order valence-corrected chi connectivity index (χ1v) is 14.8. The van der Waals surface area contributed by atoms with Gasteiger partial charge in [-0.25, -0.2) is 0 Å². The Hall–Kier alpha value is -1.56. The lowest BCUT2D eigenvalue weighted by molar-refractivity contribution is 0.175. The fourth-order valence-electron chi connectivity index (χ4n) is 5.86. The number of hydrogen-bond donors (Lipinski definition) is 0. The van der Waals surface area contributed by atoms with Crippen molar-refractivity contribution in [1.82, 2.24) is 0 Å². The summed E-state index contributed by atoms with van der Waals surface area (Å²) < 4.78 is 0. The third-order valence-electron chi connectivity index (χ3n) is 8.04. The first kappa shape index (κ1) is 28.7. The van der Waals surface area contributed by atoms with Gasteiger partial charge < -0.3 is 0 Å². The Morgan fingerprint density at radius 3 is 1.29 bits per heavy atom. The van der Waals surface area contributed by atoms with E-state index in [9.17, 15) is 0 Å². The van der Waals surface area contributed by atoms with Crippen molar-refractivity contribution in [2.45, 2.75) is 136 Å². The van der Waals surface area contributed by atoms with Crippen LogP contribution in [0.1, 0.15) is 147 Å². The quantitative estimate of drug-likeness (QED) is 0.172. The number of hydrogen-bond acceptors (Lipinski definition) is 0. The number of unbranched alkanes of at least 4 members (excludes halogenated alkanes) is 8. The molecule has 0 aliphatic carbocycles. The molecule has 0 spiro atoms. The zero-order valence-corrected chi connectivity index (χ0v) is 22.9. The summed E-state index contributed by atoms with van der Waals surface area (Å²) in [6, 6.07) is 22.2. The Bertz CT molecular complexity index is 640. The molecule has 0 heteroatoms. The maximum atomic E-state index is 2.37. The van der Waals surface area contributed by atoms with Gasteiger partial charge in [0.15, 0.2) is 0 Å². The average Bonchev–Trinajstić information content (AvgIpc) is 2.89. The molecule has 0 heterocycles. The zero-order chi connectivity index (χ0) is 24.3. The van der Waals surface area contributed by atoms with E-state index in [0.29, 0.717) is 11.3 Å². The van der Waals surface area contributed by atoms with Gasteiger partial charge >= 0.3 is 0 Å². The Balaban J connectivity index is 1.74. The molecule has 34 heavy (non-hydrogen) atoms. The SMILES string of the molecule is CCCCC(CCCC)(CCCC)CCCCCCCCC(c1ccccc1)c1ccccc1. The molecule has 0 amide bonds. The monoisotopic (exact) mass is 462 g/mol. The standard InChI is InChI=1S/C34H54/c1-4-7-27-34(28-8-5-2,29-9-6-3)30-21-13-11-10-12-20-26-33(31-22-16-14-17-23-31)32-24-18-15-19-25-32/h14-19,22-25,33H,4-13,20-21,26-30H2,1-3H3. The lowest BCUT2D eigenvalue weighted by Gasteiger charge is -2.35. The maximum Gasteiger partial charge on any atom is 0.00893 e. The number of benzene rings is 2. The average molecular weight is 463 g/mol. The van der Waals surface area contributed by atoms with E-state index in [0.717, 1.165) is 0 Å². The summed E-state index contributed by atoms with van der Waals surface area (Å²) >= 11 is 0. The van der Waals surface area contributed by atoms with Crippen LogP contribution in [0.4, 0.5) is 0 Å². The minimum Gasteiger partial charge on any atom is -0.0654 e. The summed E-state index contributed by atoms with van der Waals surface area (Å²) in [5.74, 6) is 0.540. The first-order valence-electron chi connectivity index (χ1n) is 14.8. The fourth-order valence-corrected chi connectivity index (χ4v) is 5.86. The normalized spacial score (nSPS) is 11.9. The van der Waals surface area contributed by atoms with Gasteiger partial charge in [-0.05, 0) is 48.6 Å². The molecule has 0 N–H and O–H groups in total. The van der Waals surface area contributed by atoms with Gasteiger partial charge in [-0.15, -0.1) is 0 Å². The molecule has 0 aliphatic heterocycles. The molecule has 0 aliphatic rings. The van der Waals surface area contributed by atoms with Crippen molar-refractivity contribution < 1.29 is 0 Å². The van der Waals surface area contributed by atoms with Gasteiger partial charge in [-0.2, -0.15) is 0 Å². The predicted octanol–water partition coefficient (Wildman–Crippen LogP) is 11.5. The van der Waals surface area contributed by atoms with E-state index in [1.54, 1.807) is 0 Å². The topological polar surface area (TPSA) is 0 Å². The summed E-state index contributed by atoms with van der Waals surface area (Å²) in [5, 5.41) is 0. The van der Waals surface area contributed by atoms with Gasteiger partial charge in [0.2, 0.25) is 0 Å². The van der Waals surface area contributed by atoms with Crippen molar-refractivity contribution in [3.8, 4) is 0 Å².